The van der Waals surface area contributed by atoms with Gasteiger partial charge >= 0.3 is 0 Å². The topological polar surface area (TPSA) is 91.4 Å². The second-order valence-corrected chi connectivity index (χ2v) is 4.85. The number of hydrogen-bond acceptors (Lipinski definition) is 5. The van der Waals surface area contributed by atoms with Gasteiger partial charge in [0.05, 0.1) is 19.2 Å². The minimum absolute atomic E-state index is 0.114. The molecule has 1 aromatic carbocycles. The number of hydrogen-bond donors (Lipinski definition) is 2. The Hall–Kier alpha value is -2.10. The van der Waals surface area contributed by atoms with Crippen LogP contribution in [0.1, 0.15) is 5.56 Å². The number of nitriles is 1. The minimum atomic E-state index is -0.453. The summed E-state index contributed by atoms with van der Waals surface area (Å²) in [7, 11) is 0. The monoisotopic (exact) mass is 274 g/mol. The average Bonchev–Trinajstić information content (AvgIpc) is 2.43. The van der Waals surface area contributed by atoms with Crippen LogP contribution in [0.4, 0.5) is 11.4 Å². The molecular weight excluding hydrogens is 256 g/mol. The predicted molar refractivity (Wildman–Crippen MR) is 76.0 cm³/mol. The summed E-state index contributed by atoms with van der Waals surface area (Å²) in [6.45, 7) is 3.75. The molecule has 106 valence electrons. The van der Waals surface area contributed by atoms with Gasteiger partial charge < -0.3 is 15.8 Å². The number of nitrogen functional groups attached to an aromatic ring is 1. The molecule has 0 saturated carbocycles. The van der Waals surface area contributed by atoms with Gasteiger partial charge in [-0.2, -0.15) is 5.26 Å². The molecule has 6 heteroatoms. The van der Waals surface area contributed by atoms with Crippen molar-refractivity contribution in [3.8, 4) is 6.07 Å². The summed E-state index contributed by atoms with van der Waals surface area (Å²) in [5.74, 6) is -0.114. The van der Waals surface area contributed by atoms with Crippen LogP contribution < -0.4 is 11.1 Å². The first-order valence-corrected chi connectivity index (χ1v) is 6.48. The average molecular weight is 274 g/mol. The van der Waals surface area contributed by atoms with Gasteiger partial charge in [-0.25, -0.2) is 0 Å². The van der Waals surface area contributed by atoms with E-state index in [2.05, 4.69) is 11.4 Å². The predicted octanol–water partition coefficient (Wildman–Crippen LogP) is 0.740. The van der Waals surface area contributed by atoms with E-state index < -0.39 is 6.10 Å². The molecule has 6 nitrogen and oxygen atoms in total. The lowest BCUT2D eigenvalue weighted by molar-refractivity contribution is -0.118. The van der Waals surface area contributed by atoms with Crippen LogP contribution in [0.15, 0.2) is 18.2 Å². The molecule has 1 amide bonds. The lowest BCUT2D eigenvalue weighted by Crippen LogP contribution is -2.45. The third kappa shape index (κ3) is 3.70. The van der Waals surface area contributed by atoms with Crippen molar-refractivity contribution in [1.82, 2.24) is 4.90 Å². The molecule has 0 bridgehead atoms. The number of carbonyl (C=O) groups excluding carboxylic acids is 1. The van der Waals surface area contributed by atoms with E-state index >= 15 is 0 Å². The van der Waals surface area contributed by atoms with Gasteiger partial charge in [-0.15, -0.1) is 0 Å². The number of nitrogens with two attached hydrogens (primary N) is 1. The Morgan fingerprint density at radius 2 is 2.45 bits per heavy atom. The Morgan fingerprint density at radius 3 is 3.20 bits per heavy atom. The second kappa shape index (κ2) is 6.37. The van der Waals surface area contributed by atoms with Crippen LogP contribution in [0.5, 0.6) is 0 Å². The third-order valence-corrected chi connectivity index (χ3v) is 3.20. The maximum atomic E-state index is 12.0. The van der Waals surface area contributed by atoms with E-state index in [9.17, 15) is 4.79 Å². The fraction of sp³-hybridized carbons (Fsp3) is 0.429. The number of rotatable bonds is 3. The molecule has 0 radical (unpaired) electrons. The highest BCUT2D eigenvalue weighted by molar-refractivity contribution is 5.93. The van der Waals surface area contributed by atoms with Crippen molar-refractivity contribution in [2.24, 2.45) is 0 Å². The van der Waals surface area contributed by atoms with Crippen LogP contribution in [0, 0.1) is 18.3 Å². The van der Waals surface area contributed by atoms with Crippen molar-refractivity contribution in [2.45, 2.75) is 13.0 Å². The Bertz CT molecular complexity index is 538. The number of aryl methyl sites for hydroxylation is 1. The number of ether oxygens (including phenoxy) is 1. The van der Waals surface area contributed by atoms with Crippen LogP contribution in [-0.4, -0.2) is 43.2 Å². The van der Waals surface area contributed by atoms with E-state index in [-0.39, 0.29) is 12.5 Å². The molecule has 0 aromatic heterocycles. The smallest absolute Gasteiger partial charge is 0.238 e. The van der Waals surface area contributed by atoms with Crippen LogP contribution >= 0.6 is 0 Å². The summed E-state index contributed by atoms with van der Waals surface area (Å²) in [4.78, 5) is 13.9. The van der Waals surface area contributed by atoms with E-state index in [1.807, 2.05) is 17.9 Å². The van der Waals surface area contributed by atoms with E-state index in [0.717, 1.165) is 11.3 Å². The van der Waals surface area contributed by atoms with Crippen LogP contribution in [0.25, 0.3) is 0 Å². The van der Waals surface area contributed by atoms with Crippen LogP contribution in [0.2, 0.25) is 0 Å². The van der Waals surface area contributed by atoms with Crippen molar-refractivity contribution in [3.05, 3.63) is 23.8 Å². The molecule has 3 N–H and O–H groups in total. The molecule has 20 heavy (non-hydrogen) atoms. The molecule has 1 atom stereocenters. The molecule has 1 fully saturated rings. The van der Waals surface area contributed by atoms with E-state index in [4.69, 9.17) is 15.7 Å². The molecule has 1 heterocycles. The second-order valence-electron chi connectivity index (χ2n) is 4.85. The first kappa shape index (κ1) is 14.3. The summed E-state index contributed by atoms with van der Waals surface area (Å²) in [5.41, 5.74) is 8.01. The van der Waals surface area contributed by atoms with Gasteiger partial charge in [0.15, 0.2) is 6.10 Å². The van der Waals surface area contributed by atoms with Crippen molar-refractivity contribution in [3.63, 3.8) is 0 Å². The molecule has 1 saturated heterocycles. The first-order chi connectivity index (χ1) is 9.58. The number of benzene rings is 1. The molecule has 0 spiro atoms. The molecule has 1 aliphatic heterocycles. The Morgan fingerprint density at radius 1 is 1.65 bits per heavy atom. The molecule has 1 aromatic rings. The highest BCUT2D eigenvalue weighted by atomic mass is 16.5. The summed E-state index contributed by atoms with van der Waals surface area (Å²) in [6, 6.07) is 7.46. The van der Waals surface area contributed by atoms with Gasteiger partial charge in [0, 0.05) is 24.5 Å². The lowest BCUT2D eigenvalue weighted by atomic mass is 10.2. The Kier molecular flexibility index (Phi) is 4.56. The quantitative estimate of drug-likeness (QED) is 0.793. The molecule has 2 rings (SSSR count). The number of anilines is 2. The molecular formula is C14H18N4O2. The lowest BCUT2D eigenvalue weighted by Gasteiger charge is -2.29. The van der Waals surface area contributed by atoms with Crippen molar-refractivity contribution < 1.29 is 9.53 Å². The van der Waals surface area contributed by atoms with Crippen LogP contribution in [-0.2, 0) is 9.53 Å². The summed E-state index contributed by atoms with van der Waals surface area (Å²) >= 11 is 0. The maximum absolute atomic E-state index is 12.0. The zero-order valence-electron chi connectivity index (χ0n) is 11.4. The number of amides is 1. The van der Waals surface area contributed by atoms with E-state index in [1.54, 1.807) is 12.1 Å². The molecule has 0 aliphatic carbocycles. The number of morpholine rings is 1. The number of carbonyl (C=O) groups is 1. The maximum Gasteiger partial charge on any atom is 0.238 e. The Labute approximate surface area is 118 Å². The zero-order chi connectivity index (χ0) is 14.5. The fourth-order valence-electron chi connectivity index (χ4n) is 2.09. The molecule has 1 unspecified atom stereocenters. The van der Waals surface area contributed by atoms with Crippen molar-refractivity contribution in [1.29, 1.82) is 5.26 Å². The third-order valence-electron chi connectivity index (χ3n) is 3.20. The minimum Gasteiger partial charge on any atom is -0.399 e. The first-order valence-electron chi connectivity index (χ1n) is 6.48. The van der Waals surface area contributed by atoms with Gasteiger partial charge in [0.2, 0.25) is 5.91 Å². The normalized spacial score (nSPS) is 19.3. The van der Waals surface area contributed by atoms with E-state index in [1.165, 1.54) is 0 Å². The molecule has 1 aliphatic rings. The van der Waals surface area contributed by atoms with Gasteiger partial charge in [-0.05, 0) is 24.6 Å². The van der Waals surface area contributed by atoms with Crippen molar-refractivity contribution >= 4 is 17.3 Å². The van der Waals surface area contributed by atoms with Gasteiger partial charge in [0.25, 0.3) is 0 Å². The van der Waals surface area contributed by atoms with Gasteiger partial charge in [0.1, 0.15) is 0 Å². The summed E-state index contributed by atoms with van der Waals surface area (Å²) in [5, 5.41) is 11.7. The number of nitrogens with one attached hydrogen (secondary N) is 1. The highest BCUT2D eigenvalue weighted by Gasteiger charge is 2.21. The standard InChI is InChI=1S/C14H18N4O2/c1-10-2-3-11(16)6-13(10)17-14(19)9-18-4-5-20-12(7-15)8-18/h2-3,6,12H,4-5,8-9,16H2,1H3,(H,17,19). The number of nitrogens with zero attached hydrogens (tertiary/aromatic N) is 2. The zero-order valence-corrected chi connectivity index (χ0v) is 11.4. The van der Waals surface area contributed by atoms with E-state index in [0.29, 0.717) is 25.4 Å². The van der Waals surface area contributed by atoms with Gasteiger partial charge in [-0.3, -0.25) is 9.69 Å². The SMILES string of the molecule is Cc1ccc(N)cc1NC(=O)CN1CCOC(C#N)C1. The van der Waals surface area contributed by atoms with Crippen molar-refractivity contribution in [2.75, 3.05) is 37.3 Å². The Balaban J connectivity index is 1.92. The highest BCUT2D eigenvalue weighted by Crippen LogP contribution is 2.18. The fourth-order valence-corrected chi connectivity index (χ4v) is 2.09. The largest absolute Gasteiger partial charge is 0.399 e. The van der Waals surface area contributed by atoms with Gasteiger partial charge in [-0.1, -0.05) is 6.07 Å². The van der Waals surface area contributed by atoms with Crippen LogP contribution in [0.3, 0.4) is 0 Å². The summed E-state index contributed by atoms with van der Waals surface area (Å²) < 4.78 is 5.24. The summed E-state index contributed by atoms with van der Waals surface area (Å²) in [6.07, 6.45) is -0.453.